The highest BCUT2D eigenvalue weighted by Crippen LogP contribution is 2.26. The Morgan fingerprint density at radius 1 is 1.29 bits per heavy atom. The highest BCUT2D eigenvalue weighted by molar-refractivity contribution is 5.21. The van der Waals surface area contributed by atoms with Crippen LogP contribution in [0.1, 0.15) is 17.9 Å². The van der Waals surface area contributed by atoms with E-state index in [1.165, 1.54) is 18.2 Å². The Morgan fingerprint density at radius 3 is 2.50 bits per heavy atom. The maximum absolute atomic E-state index is 12.8. The predicted octanol–water partition coefficient (Wildman–Crippen LogP) is 2.52. The largest absolute Gasteiger partial charge is 0.330 e. The third-order valence-corrected chi connectivity index (χ3v) is 2.06. The summed E-state index contributed by atoms with van der Waals surface area (Å²) in [7, 11) is 0. The van der Waals surface area contributed by atoms with Crippen LogP contribution in [0, 0.1) is 5.82 Å². The van der Waals surface area contributed by atoms with Crippen LogP contribution >= 0.6 is 0 Å². The zero-order valence-corrected chi connectivity index (χ0v) is 7.59. The number of nitrogens with two attached hydrogens (primary N) is 1. The SMILES string of the molecule is NCCC(c1cccc(F)c1)C(F)F. The van der Waals surface area contributed by atoms with E-state index in [1.807, 2.05) is 0 Å². The summed E-state index contributed by atoms with van der Waals surface area (Å²) in [5, 5.41) is 0. The van der Waals surface area contributed by atoms with Crippen LogP contribution in [0.3, 0.4) is 0 Å². The molecule has 1 atom stereocenters. The molecule has 0 aliphatic rings. The molecular weight excluding hydrogens is 191 g/mol. The summed E-state index contributed by atoms with van der Waals surface area (Å²) in [6, 6.07) is 5.28. The van der Waals surface area contributed by atoms with Crippen molar-refractivity contribution < 1.29 is 13.2 Å². The van der Waals surface area contributed by atoms with E-state index in [2.05, 4.69) is 0 Å². The van der Waals surface area contributed by atoms with Crippen LogP contribution in [0.4, 0.5) is 13.2 Å². The zero-order valence-electron chi connectivity index (χ0n) is 7.59. The fourth-order valence-corrected chi connectivity index (χ4v) is 1.35. The monoisotopic (exact) mass is 203 g/mol. The summed E-state index contributed by atoms with van der Waals surface area (Å²) in [6.07, 6.45) is -2.33. The first-order valence-corrected chi connectivity index (χ1v) is 4.39. The molecule has 1 aromatic carbocycles. The van der Waals surface area contributed by atoms with E-state index in [-0.39, 0.29) is 13.0 Å². The van der Waals surface area contributed by atoms with Gasteiger partial charge >= 0.3 is 0 Å². The summed E-state index contributed by atoms with van der Waals surface area (Å²) in [6.45, 7) is 0.172. The van der Waals surface area contributed by atoms with Gasteiger partial charge in [0.25, 0.3) is 0 Å². The van der Waals surface area contributed by atoms with Gasteiger partial charge in [0.2, 0.25) is 6.43 Å². The van der Waals surface area contributed by atoms with E-state index in [0.717, 1.165) is 6.07 Å². The standard InChI is InChI=1S/C10H12F3N/c11-8-3-1-2-7(6-8)9(4-5-14)10(12)13/h1-3,6,9-10H,4-5,14H2. The zero-order chi connectivity index (χ0) is 10.6. The van der Waals surface area contributed by atoms with Crippen molar-refractivity contribution in [3.63, 3.8) is 0 Å². The Bertz CT molecular complexity index is 288. The summed E-state index contributed by atoms with van der Waals surface area (Å²) >= 11 is 0. The highest BCUT2D eigenvalue weighted by atomic mass is 19.3. The predicted molar refractivity (Wildman–Crippen MR) is 48.8 cm³/mol. The number of benzene rings is 1. The van der Waals surface area contributed by atoms with E-state index >= 15 is 0 Å². The van der Waals surface area contributed by atoms with E-state index in [1.54, 1.807) is 0 Å². The highest BCUT2D eigenvalue weighted by Gasteiger charge is 2.21. The molecule has 0 aromatic heterocycles. The fourth-order valence-electron chi connectivity index (χ4n) is 1.35. The molecule has 0 saturated heterocycles. The first-order chi connectivity index (χ1) is 6.65. The smallest absolute Gasteiger partial charge is 0.245 e. The Labute approximate surface area is 80.7 Å². The molecule has 0 spiro atoms. The number of halogens is 3. The van der Waals surface area contributed by atoms with Gasteiger partial charge < -0.3 is 5.73 Å². The third-order valence-electron chi connectivity index (χ3n) is 2.06. The average molecular weight is 203 g/mol. The number of hydrogen-bond acceptors (Lipinski definition) is 1. The van der Waals surface area contributed by atoms with Gasteiger partial charge in [-0.3, -0.25) is 0 Å². The van der Waals surface area contributed by atoms with Gasteiger partial charge in [-0.2, -0.15) is 0 Å². The van der Waals surface area contributed by atoms with Crippen molar-refractivity contribution in [2.45, 2.75) is 18.8 Å². The first-order valence-electron chi connectivity index (χ1n) is 4.39. The molecule has 78 valence electrons. The van der Waals surface area contributed by atoms with E-state index in [4.69, 9.17) is 5.73 Å². The molecule has 0 aliphatic heterocycles. The second-order valence-corrected chi connectivity index (χ2v) is 3.07. The summed E-state index contributed by atoms with van der Waals surface area (Å²) in [5.74, 6) is -1.46. The lowest BCUT2D eigenvalue weighted by Crippen LogP contribution is -2.14. The molecule has 4 heteroatoms. The normalized spacial score (nSPS) is 13.2. The molecule has 2 N–H and O–H groups in total. The lowest BCUT2D eigenvalue weighted by Gasteiger charge is -2.15. The molecule has 0 bridgehead atoms. The molecule has 0 saturated carbocycles. The minimum Gasteiger partial charge on any atom is -0.330 e. The van der Waals surface area contributed by atoms with Gasteiger partial charge in [-0.25, -0.2) is 13.2 Å². The van der Waals surface area contributed by atoms with Gasteiger partial charge in [0.1, 0.15) is 5.82 Å². The Hall–Kier alpha value is -1.03. The average Bonchev–Trinajstić information content (AvgIpc) is 2.13. The van der Waals surface area contributed by atoms with Crippen molar-refractivity contribution in [3.05, 3.63) is 35.6 Å². The number of alkyl halides is 2. The number of rotatable bonds is 4. The van der Waals surface area contributed by atoms with Crippen molar-refractivity contribution >= 4 is 0 Å². The molecule has 0 radical (unpaired) electrons. The molecule has 0 amide bonds. The Kier molecular flexibility index (Phi) is 3.95. The van der Waals surface area contributed by atoms with Crippen molar-refractivity contribution in [2.24, 2.45) is 5.73 Å². The lowest BCUT2D eigenvalue weighted by molar-refractivity contribution is 0.111. The molecule has 0 heterocycles. The van der Waals surface area contributed by atoms with Gasteiger partial charge in [0.15, 0.2) is 0 Å². The van der Waals surface area contributed by atoms with E-state index < -0.39 is 18.2 Å². The minimum atomic E-state index is -2.50. The number of hydrogen-bond donors (Lipinski definition) is 1. The minimum absolute atomic E-state index is 0.168. The maximum Gasteiger partial charge on any atom is 0.245 e. The molecule has 0 fully saturated rings. The Morgan fingerprint density at radius 2 is 2.00 bits per heavy atom. The molecule has 0 aliphatic carbocycles. The quantitative estimate of drug-likeness (QED) is 0.799. The van der Waals surface area contributed by atoms with Crippen LogP contribution in [0.5, 0.6) is 0 Å². The molecular formula is C10H12F3N. The summed E-state index contributed by atoms with van der Waals surface area (Å²) in [4.78, 5) is 0. The van der Waals surface area contributed by atoms with Gasteiger partial charge in [0.05, 0.1) is 0 Å². The van der Waals surface area contributed by atoms with Crippen LogP contribution in [-0.2, 0) is 0 Å². The second-order valence-electron chi connectivity index (χ2n) is 3.07. The van der Waals surface area contributed by atoms with E-state index in [0.29, 0.717) is 5.56 Å². The third kappa shape index (κ3) is 2.73. The van der Waals surface area contributed by atoms with Crippen LogP contribution in [-0.4, -0.2) is 13.0 Å². The molecule has 1 unspecified atom stereocenters. The van der Waals surface area contributed by atoms with Crippen molar-refractivity contribution in [1.82, 2.24) is 0 Å². The van der Waals surface area contributed by atoms with Gasteiger partial charge in [-0.15, -0.1) is 0 Å². The van der Waals surface area contributed by atoms with Crippen LogP contribution < -0.4 is 5.73 Å². The van der Waals surface area contributed by atoms with Crippen LogP contribution in [0.25, 0.3) is 0 Å². The topological polar surface area (TPSA) is 26.0 Å². The van der Waals surface area contributed by atoms with Crippen molar-refractivity contribution in [2.75, 3.05) is 6.54 Å². The molecule has 1 rings (SSSR count). The first kappa shape index (κ1) is 11.0. The van der Waals surface area contributed by atoms with Crippen molar-refractivity contribution in [3.8, 4) is 0 Å². The Balaban J connectivity index is 2.87. The van der Waals surface area contributed by atoms with Gasteiger partial charge in [-0.05, 0) is 30.7 Å². The fraction of sp³-hybridized carbons (Fsp3) is 0.400. The van der Waals surface area contributed by atoms with Crippen molar-refractivity contribution in [1.29, 1.82) is 0 Å². The lowest BCUT2D eigenvalue weighted by atomic mass is 9.96. The summed E-state index contributed by atoms with van der Waals surface area (Å²) in [5.41, 5.74) is 5.53. The molecule has 1 aromatic rings. The van der Waals surface area contributed by atoms with Crippen LogP contribution in [0.15, 0.2) is 24.3 Å². The van der Waals surface area contributed by atoms with E-state index in [9.17, 15) is 13.2 Å². The summed E-state index contributed by atoms with van der Waals surface area (Å²) < 4.78 is 37.8. The maximum atomic E-state index is 12.8. The molecule has 1 nitrogen and oxygen atoms in total. The molecule has 14 heavy (non-hydrogen) atoms. The second kappa shape index (κ2) is 5.00. The van der Waals surface area contributed by atoms with Gasteiger partial charge in [0, 0.05) is 5.92 Å². The van der Waals surface area contributed by atoms with Crippen LogP contribution in [0.2, 0.25) is 0 Å². The van der Waals surface area contributed by atoms with Gasteiger partial charge in [-0.1, -0.05) is 12.1 Å².